The fourth-order valence-corrected chi connectivity index (χ4v) is 7.23. The number of carbonyl (C=O) groups is 3. The third-order valence-electron chi connectivity index (χ3n) is 8.43. The van der Waals surface area contributed by atoms with E-state index in [1.807, 2.05) is 6.92 Å². The van der Waals surface area contributed by atoms with Crippen molar-refractivity contribution in [1.29, 1.82) is 0 Å². The highest BCUT2D eigenvalue weighted by Crippen LogP contribution is 2.62. The maximum Gasteiger partial charge on any atom is 0.257 e. The molecule has 5 N–H and O–H groups in total. The normalized spacial score (nSPS) is 28.1. The Hall–Kier alpha value is -2.89. The van der Waals surface area contributed by atoms with E-state index in [4.69, 9.17) is 4.98 Å². The zero-order chi connectivity index (χ0) is 27.7. The van der Waals surface area contributed by atoms with Crippen molar-refractivity contribution in [1.82, 2.24) is 15.6 Å². The fraction of sp³-hybridized carbons (Fsp3) is 0.556. The fourth-order valence-electron chi connectivity index (χ4n) is 6.17. The van der Waals surface area contributed by atoms with Crippen LogP contribution in [0.5, 0.6) is 0 Å². The van der Waals surface area contributed by atoms with Crippen LogP contribution in [-0.2, 0) is 16.0 Å². The number of hydrogen-bond acceptors (Lipinski definition) is 7. The molecule has 5 unspecified atom stereocenters. The summed E-state index contributed by atoms with van der Waals surface area (Å²) in [5.41, 5.74) is -0.139. The molecule has 11 heteroatoms. The molecule has 9 nitrogen and oxygen atoms in total. The van der Waals surface area contributed by atoms with Crippen LogP contribution in [-0.4, -0.2) is 58.7 Å². The Labute approximate surface area is 225 Å². The molecular formula is C27H35FN4O5S. The Morgan fingerprint density at radius 1 is 1.16 bits per heavy atom. The molecule has 5 atom stereocenters. The van der Waals surface area contributed by atoms with Gasteiger partial charge in [-0.1, -0.05) is 13.8 Å². The van der Waals surface area contributed by atoms with Gasteiger partial charge in [-0.05, 0) is 54.9 Å². The second-order valence-electron chi connectivity index (χ2n) is 10.9. The van der Waals surface area contributed by atoms with Crippen LogP contribution >= 0.6 is 11.3 Å². The summed E-state index contributed by atoms with van der Waals surface area (Å²) in [7, 11) is 0. The number of rotatable bonds is 8. The van der Waals surface area contributed by atoms with Gasteiger partial charge in [-0.15, -0.1) is 11.3 Å². The Bertz CT molecular complexity index is 1200. The molecule has 4 rings (SSSR count). The number of benzene rings is 1. The summed E-state index contributed by atoms with van der Waals surface area (Å²) < 4.78 is 13.3. The maximum absolute atomic E-state index is 13.3. The van der Waals surface area contributed by atoms with E-state index in [1.165, 1.54) is 42.5 Å². The van der Waals surface area contributed by atoms with Crippen molar-refractivity contribution in [2.45, 2.75) is 58.5 Å². The van der Waals surface area contributed by atoms with Crippen LogP contribution in [0.1, 0.15) is 66.9 Å². The highest BCUT2D eigenvalue weighted by molar-refractivity contribution is 7.15. The van der Waals surface area contributed by atoms with E-state index >= 15 is 0 Å². The Morgan fingerprint density at radius 3 is 2.50 bits per heavy atom. The van der Waals surface area contributed by atoms with E-state index in [0.717, 1.165) is 10.6 Å². The van der Waals surface area contributed by atoms with Gasteiger partial charge >= 0.3 is 0 Å². The Balaban J connectivity index is 1.63. The van der Waals surface area contributed by atoms with Gasteiger partial charge in [0.15, 0.2) is 5.13 Å². The monoisotopic (exact) mass is 546 g/mol. The number of thiazole rings is 1. The summed E-state index contributed by atoms with van der Waals surface area (Å²) in [6.07, 6.45) is 1.19. The third-order valence-corrected chi connectivity index (χ3v) is 9.44. The number of hydrogen-bond donors (Lipinski definition) is 5. The summed E-state index contributed by atoms with van der Waals surface area (Å²) in [6.45, 7) is 5.84. The van der Waals surface area contributed by atoms with Crippen molar-refractivity contribution in [3.05, 3.63) is 46.2 Å². The minimum absolute atomic E-state index is 0.116. The van der Waals surface area contributed by atoms with Crippen LogP contribution in [0.25, 0.3) is 0 Å². The lowest BCUT2D eigenvalue weighted by Gasteiger charge is -2.58. The molecule has 1 heterocycles. The topological polar surface area (TPSA) is 141 Å². The zero-order valence-electron chi connectivity index (χ0n) is 21.8. The van der Waals surface area contributed by atoms with Crippen molar-refractivity contribution in [3.8, 4) is 0 Å². The Kier molecular flexibility index (Phi) is 8.20. The molecule has 3 amide bonds. The van der Waals surface area contributed by atoms with Crippen LogP contribution in [0.2, 0.25) is 0 Å². The summed E-state index contributed by atoms with van der Waals surface area (Å²) in [6, 6.07) is 5.23. The molecule has 2 aliphatic carbocycles. The SMILES string of the molecule is CC(=O)NCCNC(=O)CC1c2nc(NC(=O)c3ccc(F)cc3)sc2CC2C(C)(CO)C(O)CCC12C. The summed E-state index contributed by atoms with van der Waals surface area (Å²) >= 11 is 1.32. The van der Waals surface area contributed by atoms with Crippen LogP contribution in [0, 0.1) is 22.6 Å². The quantitative estimate of drug-likeness (QED) is 0.323. The summed E-state index contributed by atoms with van der Waals surface area (Å²) in [5, 5.41) is 30.0. The van der Waals surface area contributed by atoms with Crippen molar-refractivity contribution >= 4 is 34.2 Å². The van der Waals surface area contributed by atoms with Gasteiger partial charge in [0.2, 0.25) is 11.8 Å². The number of fused-ring (bicyclic) bond motifs is 2. The van der Waals surface area contributed by atoms with Gasteiger partial charge in [0.1, 0.15) is 5.82 Å². The minimum atomic E-state index is -0.758. The number of aromatic nitrogens is 1. The number of carbonyl (C=O) groups excluding carboxylic acids is 3. The zero-order valence-corrected chi connectivity index (χ0v) is 22.7. The lowest BCUT2D eigenvalue weighted by Crippen LogP contribution is -2.57. The molecule has 1 aromatic heterocycles. The first-order valence-electron chi connectivity index (χ1n) is 12.8. The van der Waals surface area contributed by atoms with E-state index < -0.39 is 28.7 Å². The molecule has 1 aromatic carbocycles. The van der Waals surface area contributed by atoms with E-state index in [-0.39, 0.29) is 36.7 Å². The highest BCUT2D eigenvalue weighted by Gasteiger charge is 2.59. The lowest BCUT2D eigenvalue weighted by atomic mass is 9.47. The van der Waals surface area contributed by atoms with Crippen LogP contribution < -0.4 is 16.0 Å². The van der Waals surface area contributed by atoms with E-state index in [1.54, 1.807) is 0 Å². The maximum atomic E-state index is 13.3. The van der Waals surface area contributed by atoms with Gasteiger partial charge in [0.05, 0.1) is 18.4 Å². The number of anilines is 1. The van der Waals surface area contributed by atoms with Crippen molar-refractivity contribution < 1.29 is 29.0 Å². The van der Waals surface area contributed by atoms with E-state index in [0.29, 0.717) is 43.0 Å². The van der Waals surface area contributed by atoms with Gasteiger partial charge in [0.25, 0.3) is 5.91 Å². The molecule has 2 aromatic rings. The first kappa shape index (κ1) is 28.1. The summed E-state index contributed by atoms with van der Waals surface area (Å²) in [4.78, 5) is 42.6. The van der Waals surface area contributed by atoms with Gasteiger partial charge in [-0.2, -0.15) is 0 Å². The highest BCUT2D eigenvalue weighted by atomic mass is 32.1. The number of halogens is 1. The first-order chi connectivity index (χ1) is 18.0. The molecule has 0 bridgehead atoms. The molecule has 206 valence electrons. The number of nitrogens with zero attached hydrogens (tertiary/aromatic N) is 1. The van der Waals surface area contributed by atoms with E-state index in [2.05, 4.69) is 22.9 Å². The smallest absolute Gasteiger partial charge is 0.257 e. The van der Waals surface area contributed by atoms with Crippen molar-refractivity contribution in [2.75, 3.05) is 25.0 Å². The van der Waals surface area contributed by atoms with Crippen LogP contribution in [0.15, 0.2) is 24.3 Å². The van der Waals surface area contributed by atoms with Gasteiger partial charge in [0, 0.05) is 48.2 Å². The number of nitrogens with one attached hydrogen (secondary N) is 3. The van der Waals surface area contributed by atoms with Gasteiger partial charge in [-0.25, -0.2) is 9.37 Å². The number of amides is 3. The molecule has 1 saturated carbocycles. The average Bonchev–Trinajstić information content (AvgIpc) is 3.28. The van der Waals surface area contributed by atoms with Crippen LogP contribution in [0.4, 0.5) is 9.52 Å². The van der Waals surface area contributed by atoms with Crippen molar-refractivity contribution in [2.24, 2.45) is 16.7 Å². The van der Waals surface area contributed by atoms with Crippen molar-refractivity contribution in [3.63, 3.8) is 0 Å². The largest absolute Gasteiger partial charge is 0.396 e. The van der Waals surface area contributed by atoms with E-state index in [9.17, 15) is 29.0 Å². The second-order valence-corrected chi connectivity index (χ2v) is 11.9. The number of aliphatic hydroxyl groups excluding tert-OH is 2. The van der Waals surface area contributed by atoms with Crippen LogP contribution in [0.3, 0.4) is 0 Å². The minimum Gasteiger partial charge on any atom is -0.396 e. The number of aliphatic hydroxyl groups is 2. The Morgan fingerprint density at radius 2 is 1.84 bits per heavy atom. The predicted octanol–water partition coefficient (Wildman–Crippen LogP) is 2.59. The van der Waals surface area contributed by atoms with Gasteiger partial charge < -0.3 is 20.8 Å². The molecule has 0 aliphatic heterocycles. The predicted molar refractivity (Wildman–Crippen MR) is 141 cm³/mol. The molecular weight excluding hydrogens is 511 g/mol. The molecule has 38 heavy (non-hydrogen) atoms. The molecule has 0 saturated heterocycles. The average molecular weight is 547 g/mol. The third kappa shape index (κ3) is 5.45. The molecule has 0 radical (unpaired) electrons. The first-order valence-corrected chi connectivity index (χ1v) is 13.7. The molecule has 0 spiro atoms. The van der Waals surface area contributed by atoms with Gasteiger partial charge in [-0.3, -0.25) is 19.7 Å². The second kappa shape index (κ2) is 11.1. The summed E-state index contributed by atoms with van der Waals surface area (Å²) in [5.74, 6) is -1.63. The lowest BCUT2D eigenvalue weighted by molar-refractivity contribution is -0.144. The molecule has 1 fully saturated rings. The standard InChI is InChI=1S/C27H35FN4O5S/c1-15(34)29-10-11-30-22(36)12-18-23-19(13-20-26(18,2)9-8-21(35)27(20,3)14-33)38-25(31-23)32-24(37)16-4-6-17(28)7-5-16/h4-7,18,20-21,33,35H,8-14H2,1-3H3,(H,29,34)(H,30,36)(H,31,32,37). The molecule has 2 aliphatic rings.